The highest BCUT2D eigenvalue weighted by Crippen LogP contribution is 2.23. The van der Waals surface area contributed by atoms with Gasteiger partial charge in [-0.3, -0.25) is 4.79 Å². The monoisotopic (exact) mass is 302 g/mol. The molecule has 1 amide bonds. The third-order valence-electron chi connectivity index (χ3n) is 3.43. The summed E-state index contributed by atoms with van der Waals surface area (Å²) in [5, 5.41) is 18.9. The van der Waals surface area contributed by atoms with Gasteiger partial charge in [0.25, 0.3) is 0 Å². The smallest absolute Gasteiger partial charge is 0.358 e. The van der Waals surface area contributed by atoms with Crippen LogP contribution in [0.2, 0.25) is 0 Å². The summed E-state index contributed by atoms with van der Waals surface area (Å²) in [5.41, 5.74) is 3.65. The summed E-state index contributed by atoms with van der Waals surface area (Å²) < 4.78 is 1.23. The van der Waals surface area contributed by atoms with E-state index < -0.39 is 12.0 Å². The van der Waals surface area contributed by atoms with E-state index in [1.54, 1.807) is 6.92 Å². The van der Waals surface area contributed by atoms with E-state index in [-0.39, 0.29) is 11.6 Å². The number of aromatic carboxylic acids is 1. The van der Waals surface area contributed by atoms with E-state index in [1.807, 2.05) is 32.9 Å². The van der Waals surface area contributed by atoms with Crippen LogP contribution in [0.5, 0.6) is 0 Å². The van der Waals surface area contributed by atoms with Crippen LogP contribution in [0, 0.1) is 20.8 Å². The molecule has 2 rings (SSSR count). The first-order valence-electron chi connectivity index (χ1n) is 6.83. The Bertz CT molecular complexity index is 713. The summed E-state index contributed by atoms with van der Waals surface area (Å²) in [4.78, 5) is 23.1. The Hall–Kier alpha value is -2.70. The summed E-state index contributed by atoms with van der Waals surface area (Å²) in [7, 11) is 0. The molecule has 2 aromatic rings. The van der Waals surface area contributed by atoms with Crippen molar-refractivity contribution in [1.82, 2.24) is 15.0 Å². The van der Waals surface area contributed by atoms with Gasteiger partial charge in [0.2, 0.25) is 5.91 Å². The van der Waals surface area contributed by atoms with Gasteiger partial charge < -0.3 is 10.4 Å². The first-order chi connectivity index (χ1) is 10.3. The SMILES string of the molecule is Cc1cc(C)c(NC(=O)C(C)n2cc(C(=O)O)nn2)c(C)c1. The van der Waals surface area contributed by atoms with E-state index in [0.717, 1.165) is 22.4 Å². The van der Waals surface area contributed by atoms with Gasteiger partial charge >= 0.3 is 5.97 Å². The van der Waals surface area contributed by atoms with Gasteiger partial charge in [-0.25, -0.2) is 9.48 Å². The lowest BCUT2D eigenvalue weighted by molar-refractivity contribution is -0.119. The number of benzene rings is 1. The second kappa shape index (κ2) is 5.97. The molecule has 116 valence electrons. The number of rotatable bonds is 4. The van der Waals surface area contributed by atoms with Crippen LogP contribution in [0.4, 0.5) is 5.69 Å². The minimum absolute atomic E-state index is 0.192. The molecule has 0 bridgehead atoms. The number of carboxylic acids is 1. The van der Waals surface area contributed by atoms with Crippen molar-refractivity contribution in [3.63, 3.8) is 0 Å². The summed E-state index contributed by atoms with van der Waals surface area (Å²) in [6.07, 6.45) is 1.24. The topological polar surface area (TPSA) is 97.1 Å². The van der Waals surface area contributed by atoms with E-state index in [9.17, 15) is 9.59 Å². The third-order valence-corrected chi connectivity index (χ3v) is 3.43. The number of aryl methyl sites for hydroxylation is 3. The Balaban J connectivity index is 2.19. The van der Waals surface area contributed by atoms with Crippen molar-refractivity contribution in [2.45, 2.75) is 33.7 Å². The van der Waals surface area contributed by atoms with E-state index >= 15 is 0 Å². The van der Waals surface area contributed by atoms with Gasteiger partial charge in [-0.15, -0.1) is 5.10 Å². The van der Waals surface area contributed by atoms with Crippen molar-refractivity contribution in [2.75, 3.05) is 5.32 Å². The molecule has 2 N–H and O–H groups in total. The number of carbonyl (C=O) groups is 2. The average molecular weight is 302 g/mol. The minimum atomic E-state index is -1.18. The van der Waals surface area contributed by atoms with Crippen molar-refractivity contribution >= 4 is 17.6 Å². The van der Waals surface area contributed by atoms with E-state index in [4.69, 9.17) is 5.11 Å². The third kappa shape index (κ3) is 3.13. The molecule has 0 saturated heterocycles. The molecule has 0 radical (unpaired) electrons. The molecular formula is C15H18N4O3. The molecule has 0 spiro atoms. The van der Waals surface area contributed by atoms with Crippen molar-refractivity contribution in [1.29, 1.82) is 0 Å². The second-order valence-electron chi connectivity index (χ2n) is 5.33. The Morgan fingerprint density at radius 2 is 1.82 bits per heavy atom. The van der Waals surface area contributed by atoms with Crippen molar-refractivity contribution < 1.29 is 14.7 Å². The number of anilines is 1. The van der Waals surface area contributed by atoms with Crippen LogP contribution in [0.3, 0.4) is 0 Å². The van der Waals surface area contributed by atoms with Gasteiger partial charge in [0, 0.05) is 5.69 Å². The number of carboxylic acid groups (broad SMARTS) is 1. The highest BCUT2D eigenvalue weighted by molar-refractivity contribution is 5.95. The first kappa shape index (κ1) is 15.7. The van der Waals surface area contributed by atoms with E-state index in [1.165, 1.54) is 10.9 Å². The minimum Gasteiger partial charge on any atom is -0.476 e. The maximum Gasteiger partial charge on any atom is 0.358 e. The predicted octanol–water partition coefficient (Wildman–Crippen LogP) is 2.10. The lowest BCUT2D eigenvalue weighted by Crippen LogP contribution is -2.25. The Labute approximate surface area is 128 Å². The maximum absolute atomic E-state index is 12.3. The van der Waals surface area contributed by atoms with Gasteiger partial charge in [0.05, 0.1) is 6.20 Å². The molecule has 1 heterocycles. The fraction of sp³-hybridized carbons (Fsp3) is 0.333. The average Bonchev–Trinajstić information content (AvgIpc) is 2.91. The largest absolute Gasteiger partial charge is 0.476 e. The summed E-state index contributed by atoms with van der Waals surface area (Å²) in [6, 6.07) is 3.32. The van der Waals surface area contributed by atoms with Gasteiger partial charge in [-0.1, -0.05) is 22.9 Å². The van der Waals surface area contributed by atoms with Crippen LogP contribution >= 0.6 is 0 Å². The molecule has 1 atom stereocenters. The fourth-order valence-corrected chi connectivity index (χ4v) is 2.29. The highest BCUT2D eigenvalue weighted by atomic mass is 16.4. The zero-order chi connectivity index (χ0) is 16.4. The molecule has 7 nitrogen and oxygen atoms in total. The molecule has 1 aromatic carbocycles. The molecule has 1 unspecified atom stereocenters. The van der Waals surface area contributed by atoms with E-state index in [2.05, 4.69) is 15.6 Å². The van der Waals surface area contributed by atoms with Gasteiger partial charge in [-0.05, 0) is 38.8 Å². The van der Waals surface area contributed by atoms with Crippen molar-refractivity contribution in [2.24, 2.45) is 0 Å². The summed E-state index contributed by atoms with van der Waals surface area (Å²) in [6.45, 7) is 7.49. The fourth-order valence-electron chi connectivity index (χ4n) is 2.29. The quantitative estimate of drug-likeness (QED) is 0.901. The Morgan fingerprint density at radius 1 is 1.23 bits per heavy atom. The Morgan fingerprint density at radius 3 is 2.32 bits per heavy atom. The standard InChI is InChI=1S/C15H18N4O3/c1-8-5-9(2)13(10(3)6-8)16-14(20)11(4)19-7-12(15(21)22)17-18-19/h5-7,11H,1-4H3,(H,16,20)(H,21,22). The molecule has 0 aliphatic heterocycles. The van der Waals surface area contributed by atoms with Crippen LogP contribution in [-0.2, 0) is 4.79 Å². The number of carbonyl (C=O) groups excluding carboxylic acids is 1. The number of hydrogen-bond acceptors (Lipinski definition) is 4. The predicted molar refractivity (Wildman–Crippen MR) is 81.0 cm³/mol. The molecular weight excluding hydrogens is 284 g/mol. The van der Waals surface area contributed by atoms with Crippen LogP contribution in [0.15, 0.2) is 18.3 Å². The first-order valence-corrected chi connectivity index (χ1v) is 6.83. The van der Waals surface area contributed by atoms with Crippen LogP contribution in [-0.4, -0.2) is 32.0 Å². The maximum atomic E-state index is 12.3. The highest BCUT2D eigenvalue weighted by Gasteiger charge is 2.20. The zero-order valence-corrected chi connectivity index (χ0v) is 12.9. The van der Waals surface area contributed by atoms with Crippen molar-refractivity contribution in [3.05, 3.63) is 40.7 Å². The van der Waals surface area contributed by atoms with Gasteiger partial charge in [0.1, 0.15) is 6.04 Å². The second-order valence-corrected chi connectivity index (χ2v) is 5.33. The Kier molecular flexibility index (Phi) is 4.25. The number of aromatic nitrogens is 3. The number of amides is 1. The lowest BCUT2D eigenvalue weighted by atomic mass is 10.0. The number of hydrogen-bond donors (Lipinski definition) is 2. The molecule has 1 aromatic heterocycles. The van der Waals surface area contributed by atoms with Crippen LogP contribution in [0.25, 0.3) is 0 Å². The van der Waals surface area contributed by atoms with Crippen molar-refractivity contribution in [3.8, 4) is 0 Å². The lowest BCUT2D eigenvalue weighted by Gasteiger charge is -2.16. The molecule has 0 saturated carbocycles. The summed E-state index contributed by atoms with van der Waals surface area (Å²) >= 11 is 0. The normalized spacial score (nSPS) is 12.0. The molecule has 0 aliphatic rings. The van der Waals surface area contributed by atoms with Gasteiger partial charge in [-0.2, -0.15) is 0 Å². The number of nitrogens with zero attached hydrogens (tertiary/aromatic N) is 3. The van der Waals surface area contributed by atoms with E-state index in [0.29, 0.717) is 0 Å². The zero-order valence-electron chi connectivity index (χ0n) is 12.9. The number of nitrogens with one attached hydrogen (secondary N) is 1. The van der Waals surface area contributed by atoms with Crippen LogP contribution < -0.4 is 5.32 Å². The molecule has 0 fully saturated rings. The van der Waals surface area contributed by atoms with Crippen LogP contribution in [0.1, 0.15) is 40.1 Å². The molecule has 22 heavy (non-hydrogen) atoms. The molecule has 0 aliphatic carbocycles. The summed E-state index contributed by atoms with van der Waals surface area (Å²) in [5.74, 6) is -1.46. The van der Waals surface area contributed by atoms with Gasteiger partial charge in [0.15, 0.2) is 5.69 Å². The molecule has 7 heteroatoms.